The highest BCUT2D eigenvalue weighted by Crippen LogP contribution is 2.28. The second-order valence-electron chi connectivity index (χ2n) is 9.36. The zero-order chi connectivity index (χ0) is 21.1. The third kappa shape index (κ3) is 6.04. The molecular weight excluding hydrogens is 350 g/mol. The highest BCUT2D eigenvalue weighted by molar-refractivity contribution is 6.12. The van der Waals surface area contributed by atoms with Crippen LogP contribution in [0.4, 0.5) is 4.79 Å². The third-order valence-electron chi connectivity index (χ3n) is 4.40. The van der Waals surface area contributed by atoms with Crippen LogP contribution in [0.2, 0.25) is 0 Å². The van der Waals surface area contributed by atoms with E-state index < -0.39 is 11.7 Å². The van der Waals surface area contributed by atoms with E-state index in [1.165, 1.54) is 0 Å². The van der Waals surface area contributed by atoms with Gasteiger partial charge in [0.15, 0.2) is 5.84 Å². The lowest BCUT2D eigenvalue weighted by Crippen LogP contribution is -2.39. The largest absolute Gasteiger partial charge is 0.444 e. The highest BCUT2D eigenvalue weighted by Gasteiger charge is 2.31. The van der Waals surface area contributed by atoms with Crippen LogP contribution in [0.15, 0.2) is 46.9 Å². The van der Waals surface area contributed by atoms with E-state index in [4.69, 9.17) is 9.73 Å². The fourth-order valence-electron chi connectivity index (χ4n) is 3.13. The van der Waals surface area contributed by atoms with Crippen molar-refractivity contribution in [3.05, 3.63) is 48.0 Å². The minimum Gasteiger partial charge on any atom is -0.444 e. The van der Waals surface area contributed by atoms with Crippen LogP contribution in [0.25, 0.3) is 0 Å². The molecule has 0 saturated heterocycles. The summed E-state index contributed by atoms with van der Waals surface area (Å²) in [6.45, 7) is 17.9. The Balaban J connectivity index is 2.04. The zero-order valence-corrected chi connectivity index (χ0v) is 18.2. The lowest BCUT2D eigenvalue weighted by molar-refractivity contribution is 0.0514. The number of nitrogens with zero attached hydrogens (tertiary/aromatic N) is 2. The van der Waals surface area contributed by atoms with Crippen LogP contribution in [0, 0.1) is 5.41 Å². The molecule has 2 atom stereocenters. The predicted molar refractivity (Wildman–Crippen MR) is 116 cm³/mol. The summed E-state index contributed by atoms with van der Waals surface area (Å²) in [6, 6.07) is 8.06. The zero-order valence-electron chi connectivity index (χ0n) is 18.2. The molecule has 152 valence electrons. The molecule has 5 nitrogen and oxygen atoms in total. The van der Waals surface area contributed by atoms with E-state index in [0.717, 1.165) is 22.7 Å². The van der Waals surface area contributed by atoms with E-state index in [1.54, 1.807) is 6.08 Å². The van der Waals surface area contributed by atoms with E-state index in [-0.39, 0.29) is 17.5 Å². The van der Waals surface area contributed by atoms with Crippen LogP contribution in [0.1, 0.15) is 59.6 Å². The topological polar surface area (TPSA) is 63.0 Å². The van der Waals surface area contributed by atoms with Crippen molar-refractivity contribution in [2.24, 2.45) is 15.4 Å². The minimum atomic E-state index is -0.525. The van der Waals surface area contributed by atoms with E-state index in [0.29, 0.717) is 6.42 Å². The predicted octanol–water partition coefficient (Wildman–Crippen LogP) is 4.94. The van der Waals surface area contributed by atoms with Gasteiger partial charge < -0.3 is 10.1 Å². The molecule has 1 aliphatic heterocycles. The Morgan fingerprint density at radius 3 is 2.29 bits per heavy atom. The number of benzene rings is 1. The van der Waals surface area contributed by atoms with Crippen molar-refractivity contribution in [2.45, 2.75) is 72.6 Å². The van der Waals surface area contributed by atoms with Crippen LogP contribution in [-0.2, 0) is 11.2 Å². The fraction of sp³-hybridized carbons (Fsp3) is 0.522. The number of aliphatic imine (C=N–C) groups is 2. The van der Waals surface area contributed by atoms with Crippen LogP contribution < -0.4 is 5.32 Å². The first-order valence-corrected chi connectivity index (χ1v) is 9.73. The summed E-state index contributed by atoms with van der Waals surface area (Å²) < 4.78 is 5.31. The molecule has 28 heavy (non-hydrogen) atoms. The summed E-state index contributed by atoms with van der Waals surface area (Å²) in [5, 5.41) is 2.84. The van der Waals surface area contributed by atoms with Gasteiger partial charge in [-0.05, 0) is 45.1 Å². The number of ether oxygens (including phenoxy) is 1. The SMILES string of the molecule is C=C[C@H](Cc1ccc(C2=NC(C(C)(C)C)C(C)=N2)cc1)NC(=O)OC(C)(C)C. The van der Waals surface area contributed by atoms with Crippen LogP contribution in [0.5, 0.6) is 0 Å². The summed E-state index contributed by atoms with van der Waals surface area (Å²) in [4.78, 5) is 21.5. The summed E-state index contributed by atoms with van der Waals surface area (Å²) in [7, 11) is 0. The first-order chi connectivity index (χ1) is 12.9. The van der Waals surface area contributed by atoms with E-state index in [2.05, 4.69) is 37.7 Å². The van der Waals surface area contributed by atoms with Crippen LogP contribution >= 0.6 is 0 Å². The van der Waals surface area contributed by atoms with E-state index in [9.17, 15) is 4.79 Å². The number of carbonyl (C=O) groups is 1. The fourth-order valence-corrected chi connectivity index (χ4v) is 3.13. The van der Waals surface area contributed by atoms with Crippen molar-refractivity contribution in [2.75, 3.05) is 0 Å². The Morgan fingerprint density at radius 2 is 1.82 bits per heavy atom. The molecule has 0 radical (unpaired) electrons. The first kappa shape index (κ1) is 21.9. The molecule has 2 rings (SSSR count). The molecule has 1 N–H and O–H groups in total. The van der Waals surface area contributed by atoms with Gasteiger partial charge in [-0.15, -0.1) is 6.58 Å². The second-order valence-corrected chi connectivity index (χ2v) is 9.36. The van der Waals surface area contributed by atoms with Gasteiger partial charge >= 0.3 is 6.09 Å². The summed E-state index contributed by atoms with van der Waals surface area (Å²) in [6.07, 6.45) is 1.93. The number of amidine groups is 1. The van der Waals surface area contributed by atoms with Gasteiger partial charge in [-0.1, -0.05) is 51.1 Å². The number of rotatable bonds is 5. The maximum atomic E-state index is 12.0. The second kappa shape index (κ2) is 8.29. The average Bonchev–Trinajstić information content (AvgIpc) is 2.95. The number of hydrogen-bond acceptors (Lipinski definition) is 4. The maximum absolute atomic E-state index is 12.0. The van der Waals surface area contributed by atoms with Gasteiger partial charge in [-0.25, -0.2) is 9.79 Å². The Hall–Kier alpha value is -2.43. The number of carbonyl (C=O) groups excluding carboxylic acids is 1. The molecule has 1 amide bonds. The third-order valence-corrected chi connectivity index (χ3v) is 4.40. The molecule has 1 aromatic carbocycles. The molecule has 1 heterocycles. The minimum absolute atomic E-state index is 0.0553. The van der Waals surface area contributed by atoms with Gasteiger partial charge in [0, 0.05) is 11.3 Å². The normalized spacial score (nSPS) is 18.2. The molecule has 0 fully saturated rings. The van der Waals surface area contributed by atoms with Gasteiger partial charge in [0.1, 0.15) is 5.60 Å². The number of nitrogens with one attached hydrogen (secondary N) is 1. The molecule has 0 spiro atoms. The highest BCUT2D eigenvalue weighted by atomic mass is 16.6. The lowest BCUT2D eigenvalue weighted by Gasteiger charge is -2.24. The van der Waals surface area contributed by atoms with Gasteiger partial charge in [0.25, 0.3) is 0 Å². The number of alkyl carbamates (subject to hydrolysis) is 1. The Labute approximate surface area is 169 Å². The van der Waals surface area contributed by atoms with Gasteiger partial charge in [-0.2, -0.15) is 0 Å². The van der Waals surface area contributed by atoms with Gasteiger partial charge in [0.2, 0.25) is 0 Å². The molecule has 1 aliphatic rings. The van der Waals surface area contributed by atoms with Crippen molar-refractivity contribution >= 4 is 17.6 Å². The van der Waals surface area contributed by atoms with Crippen molar-refractivity contribution in [1.29, 1.82) is 0 Å². The first-order valence-electron chi connectivity index (χ1n) is 9.73. The Kier molecular flexibility index (Phi) is 6.48. The molecule has 0 bridgehead atoms. The molecule has 1 aromatic rings. The Bertz CT molecular complexity index is 778. The van der Waals surface area contributed by atoms with E-state index >= 15 is 0 Å². The summed E-state index contributed by atoms with van der Waals surface area (Å²) in [5.41, 5.74) is 2.68. The molecule has 5 heteroatoms. The smallest absolute Gasteiger partial charge is 0.408 e. The molecule has 1 unspecified atom stereocenters. The summed E-state index contributed by atoms with van der Waals surface area (Å²) >= 11 is 0. The maximum Gasteiger partial charge on any atom is 0.408 e. The monoisotopic (exact) mass is 383 g/mol. The standard InChI is InChI=1S/C23H33N3O2/c1-9-18(25-21(27)28-23(6,7)8)14-16-10-12-17(13-11-16)20-24-15(2)19(26-20)22(3,4)5/h9-13,18-19H,1,14H2,2-8H3,(H,25,27)/t18-,19?/m1/s1. The number of amides is 1. The van der Waals surface area contributed by atoms with Gasteiger partial charge in [-0.3, -0.25) is 4.99 Å². The van der Waals surface area contributed by atoms with Crippen molar-refractivity contribution in [3.63, 3.8) is 0 Å². The Morgan fingerprint density at radius 1 is 1.21 bits per heavy atom. The average molecular weight is 384 g/mol. The van der Waals surface area contributed by atoms with Crippen molar-refractivity contribution in [3.8, 4) is 0 Å². The lowest BCUT2D eigenvalue weighted by atomic mass is 9.85. The molecular formula is C23H33N3O2. The quantitative estimate of drug-likeness (QED) is 0.732. The molecule has 0 aromatic heterocycles. The molecule has 0 aliphatic carbocycles. The van der Waals surface area contributed by atoms with Crippen LogP contribution in [0.3, 0.4) is 0 Å². The number of hydrogen-bond donors (Lipinski definition) is 1. The van der Waals surface area contributed by atoms with E-state index in [1.807, 2.05) is 52.0 Å². The van der Waals surface area contributed by atoms with Crippen molar-refractivity contribution in [1.82, 2.24) is 5.32 Å². The molecule has 0 saturated carbocycles. The van der Waals surface area contributed by atoms with Gasteiger partial charge in [0.05, 0.1) is 12.1 Å². The van der Waals surface area contributed by atoms with Crippen molar-refractivity contribution < 1.29 is 9.53 Å². The van der Waals surface area contributed by atoms with Crippen LogP contribution in [-0.4, -0.2) is 35.3 Å². The summed E-state index contributed by atoms with van der Waals surface area (Å²) in [5.74, 6) is 0.788.